The molecule has 0 radical (unpaired) electrons. The third kappa shape index (κ3) is 3.24. The number of nitrogens with one attached hydrogen (secondary N) is 1. The maximum Gasteiger partial charge on any atom is 0.359 e. The SMILES string of the molecule is CC[N+](O)(CC)C(=O)CN1CCNCC1. The van der Waals surface area contributed by atoms with E-state index in [1.165, 1.54) is 0 Å². The number of carbonyl (C=O) groups is 1. The number of hydrogen-bond donors (Lipinski definition) is 2. The second-order valence-corrected chi connectivity index (χ2v) is 3.98. The smallest absolute Gasteiger partial charge is 0.314 e. The highest BCUT2D eigenvalue weighted by molar-refractivity contribution is 5.70. The number of hydrogen-bond acceptors (Lipinski definition) is 4. The molecular formula is C10H22N3O2+. The van der Waals surface area contributed by atoms with Crippen LogP contribution in [0.5, 0.6) is 0 Å². The van der Waals surface area contributed by atoms with Gasteiger partial charge in [-0.1, -0.05) is 0 Å². The van der Waals surface area contributed by atoms with Crippen LogP contribution < -0.4 is 5.32 Å². The molecule has 0 aromatic rings. The Labute approximate surface area is 91.2 Å². The molecule has 2 N–H and O–H groups in total. The first-order chi connectivity index (χ1) is 7.12. The number of piperazine rings is 1. The minimum absolute atomic E-state index is 0.0955. The Morgan fingerprint density at radius 1 is 1.33 bits per heavy atom. The van der Waals surface area contributed by atoms with Gasteiger partial charge in [0.25, 0.3) is 0 Å². The molecule has 88 valence electrons. The maximum atomic E-state index is 11.9. The third-order valence-electron chi connectivity index (χ3n) is 3.08. The second kappa shape index (κ2) is 5.55. The summed E-state index contributed by atoms with van der Waals surface area (Å²) in [6.45, 7) is 8.55. The molecule has 5 nitrogen and oxygen atoms in total. The first kappa shape index (κ1) is 12.6. The van der Waals surface area contributed by atoms with Gasteiger partial charge in [0.15, 0.2) is 0 Å². The number of nitrogens with zero attached hydrogens (tertiary/aromatic N) is 2. The summed E-state index contributed by atoms with van der Waals surface area (Å²) >= 11 is 0. The van der Waals surface area contributed by atoms with Gasteiger partial charge >= 0.3 is 5.91 Å². The highest BCUT2D eigenvalue weighted by Crippen LogP contribution is 2.04. The highest BCUT2D eigenvalue weighted by Gasteiger charge is 2.33. The monoisotopic (exact) mass is 216 g/mol. The molecule has 15 heavy (non-hydrogen) atoms. The number of rotatable bonds is 4. The van der Waals surface area contributed by atoms with Crippen molar-refractivity contribution in [3.05, 3.63) is 0 Å². The number of hydroxylamine groups is 3. The van der Waals surface area contributed by atoms with Gasteiger partial charge in [0.2, 0.25) is 0 Å². The van der Waals surface area contributed by atoms with Crippen molar-refractivity contribution in [2.75, 3.05) is 45.8 Å². The molecule has 1 heterocycles. The lowest BCUT2D eigenvalue weighted by Gasteiger charge is -2.30. The molecule has 0 spiro atoms. The van der Waals surface area contributed by atoms with Crippen LogP contribution in [0.3, 0.4) is 0 Å². The van der Waals surface area contributed by atoms with Crippen molar-refractivity contribution in [2.45, 2.75) is 13.8 Å². The molecule has 0 aromatic carbocycles. The molecule has 5 heteroatoms. The number of quaternary nitrogens is 1. The quantitative estimate of drug-likeness (QED) is 0.384. The second-order valence-electron chi connectivity index (χ2n) is 3.98. The molecule has 0 atom stereocenters. The van der Waals surface area contributed by atoms with Crippen molar-refractivity contribution in [3.8, 4) is 0 Å². The fraction of sp³-hybridized carbons (Fsp3) is 0.900. The van der Waals surface area contributed by atoms with Crippen LogP contribution in [0.15, 0.2) is 0 Å². The zero-order valence-electron chi connectivity index (χ0n) is 9.70. The summed E-state index contributed by atoms with van der Waals surface area (Å²) in [4.78, 5) is 13.9. The first-order valence-electron chi connectivity index (χ1n) is 5.68. The lowest BCUT2D eigenvalue weighted by Crippen LogP contribution is -2.55. The average molecular weight is 216 g/mol. The van der Waals surface area contributed by atoms with Crippen LogP contribution in [0.4, 0.5) is 0 Å². The molecule has 0 aromatic heterocycles. The van der Waals surface area contributed by atoms with Gasteiger partial charge in [-0.05, 0) is 13.8 Å². The standard InChI is InChI=1S/C10H22N3O2/c1-3-13(15,4-2)10(14)9-12-7-5-11-6-8-12/h11,15H,3-9H2,1-2H3/q+1. The minimum Gasteiger partial charge on any atom is -0.314 e. The Kier molecular flexibility index (Phi) is 4.66. The molecule has 1 saturated heterocycles. The van der Waals surface area contributed by atoms with Crippen LogP contribution in [-0.2, 0) is 4.79 Å². The molecule has 1 fully saturated rings. The number of likely N-dealkylation sites (N-methyl/N-ethyl adjacent to an activating group) is 1. The van der Waals surface area contributed by atoms with Gasteiger partial charge in [-0.25, -0.2) is 10.0 Å². The Morgan fingerprint density at radius 2 is 1.87 bits per heavy atom. The lowest BCUT2D eigenvalue weighted by atomic mass is 10.3. The number of carbonyl (C=O) groups excluding carboxylic acids is 1. The highest BCUT2D eigenvalue weighted by atomic mass is 16.6. The summed E-state index contributed by atoms with van der Waals surface area (Å²) in [6.07, 6.45) is 0. The van der Waals surface area contributed by atoms with E-state index in [1.807, 2.05) is 13.8 Å². The minimum atomic E-state index is -0.441. The van der Waals surface area contributed by atoms with E-state index in [0.29, 0.717) is 19.6 Å². The fourth-order valence-electron chi connectivity index (χ4n) is 1.77. The van der Waals surface area contributed by atoms with Gasteiger partial charge in [0.1, 0.15) is 19.6 Å². The van der Waals surface area contributed by atoms with E-state index in [-0.39, 0.29) is 5.91 Å². The van der Waals surface area contributed by atoms with Crippen molar-refractivity contribution < 1.29 is 14.6 Å². The van der Waals surface area contributed by atoms with Gasteiger partial charge in [0.05, 0.1) is 0 Å². The molecule has 0 saturated carbocycles. The zero-order valence-corrected chi connectivity index (χ0v) is 9.70. The molecule has 1 aliphatic heterocycles. The summed E-state index contributed by atoms with van der Waals surface area (Å²) in [6, 6.07) is 0. The van der Waals surface area contributed by atoms with Crippen LogP contribution in [0.2, 0.25) is 0 Å². The fourth-order valence-corrected chi connectivity index (χ4v) is 1.77. The third-order valence-corrected chi connectivity index (χ3v) is 3.08. The molecule has 0 unspecified atom stereocenters. The largest absolute Gasteiger partial charge is 0.359 e. The van der Waals surface area contributed by atoms with E-state index >= 15 is 0 Å². The van der Waals surface area contributed by atoms with Crippen LogP contribution in [0.25, 0.3) is 0 Å². The lowest BCUT2D eigenvalue weighted by molar-refractivity contribution is -1.04. The predicted molar refractivity (Wildman–Crippen MR) is 57.4 cm³/mol. The summed E-state index contributed by atoms with van der Waals surface area (Å²) in [5.74, 6) is -0.0955. The van der Waals surface area contributed by atoms with E-state index in [4.69, 9.17) is 0 Å². The van der Waals surface area contributed by atoms with Crippen LogP contribution in [-0.4, -0.2) is 66.5 Å². The van der Waals surface area contributed by atoms with E-state index in [2.05, 4.69) is 10.2 Å². The predicted octanol–water partition coefficient (Wildman–Crippen LogP) is -0.336. The Morgan fingerprint density at radius 3 is 2.33 bits per heavy atom. The van der Waals surface area contributed by atoms with E-state index < -0.39 is 4.65 Å². The first-order valence-corrected chi connectivity index (χ1v) is 5.68. The summed E-state index contributed by atoms with van der Waals surface area (Å²) in [5.41, 5.74) is 0. The normalized spacial score (nSPS) is 19.1. The van der Waals surface area contributed by atoms with Crippen molar-refractivity contribution >= 4 is 5.91 Å². The Hall–Kier alpha value is -0.490. The van der Waals surface area contributed by atoms with Gasteiger partial charge < -0.3 is 5.32 Å². The molecule has 0 bridgehead atoms. The average Bonchev–Trinajstić information content (AvgIpc) is 2.29. The van der Waals surface area contributed by atoms with Gasteiger partial charge in [0, 0.05) is 26.2 Å². The van der Waals surface area contributed by atoms with Crippen LogP contribution in [0.1, 0.15) is 13.8 Å². The van der Waals surface area contributed by atoms with Crippen molar-refractivity contribution in [3.63, 3.8) is 0 Å². The van der Waals surface area contributed by atoms with Gasteiger partial charge in [-0.15, -0.1) is 4.65 Å². The molecule has 1 amide bonds. The van der Waals surface area contributed by atoms with Gasteiger partial charge in [-0.2, -0.15) is 0 Å². The van der Waals surface area contributed by atoms with E-state index in [1.54, 1.807) is 0 Å². The topological polar surface area (TPSA) is 52.6 Å². The summed E-state index contributed by atoms with van der Waals surface area (Å²) < 4.78 is -0.441. The Balaban J connectivity index is 2.45. The molecule has 1 rings (SSSR count). The van der Waals surface area contributed by atoms with Gasteiger partial charge in [-0.3, -0.25) is 4.90 Å². The van der Waals surface area contributed by atoms with Crippen molar-refractivity contribution in [1.29, 1.82) is 0 Å². The Bertz CT molecular complexity index is 211. The van der Waals surface area contributed by atoms with Crippen molar-refractivity contribution in [2.24, 2.45) is 0 Å². The van der Waals surface area contributed by atoms with Crippen LogP contribution >= 0.6 is 0 Å². The maximum absolute atomic E-state index is 11.9. The summed E-state index contributed by atoms with van der Waals surface area (Å²) in [7, 11) is 0. The van der Waals surface area contributed by atoms with E-state index in [9.17, 15) is 10.0 Å². The molecule has 0 aliphatic carbocycles. The molecular weight excluding hydrogens is 194 g/mol. The van der Waals surface area contributed by atoms with Crippen LogP contribution in [0, 0.1) is 0 Å². The number of amides is 1. The van der Waals surface area contributed by atoms with Crippen molar-refractivity contribution in [1.82, 2.24) is 10.2 Å². The van der Waals surface area contributed by atoms with E-state index in [0.717, 1.165) is 26.2 Å². The molecule has 1 aliphatic rings. The zero-order chi connectivity index (χ0) is 11.3. The summed E-state index contributed by atoms with van der Waals surface area (Å²) in [5, 5.41) is 13.2.